The number of benzene rings is 1. The summed E-state index contributed by atoms with van der Waals surface area (Å²) in [6, 6.07) is 0.195. The molecule has 2 atom stereocenters. The Labute approximate surface area is 215 Å². The molecule has 0 bridgehead atoms. The number of aromatic amines is 1. The molecule has 3 aromatic rings. The lowest BCUT2D eigenvalue weighted by Gasteiger charge is -2.16. The van der Waals surface area contributed by atoms with Crippen LogP contribution in [0, 0.1) is 12.7 Å². The predicted octanol–water partition coefficient (Wildman–Crippen LogP) is 3.23. The van der Waals surface area contributed by atoms with Gasteiger partial charge < -0.3 is 25.3 Å². The first kappa shape index (κ1) is 29.6. The molecule has 3 N–H and O–H groups in total. The number of hydrogen-bond acceptors (Lipinski definition) is 7. The number of carbonyl (C=O) groups is 2. The molecule has 1 saturated heterocycles. The van der Waals surface area contributed by atoms with E-state index in [9.17, 15) is 40.3 Å². The van der Waals surface area contributed by atoms with Gasteiger partial charge in [0.05, 0.1) is 31.5 Å². The number of H-pyrrole nitrogens is 1. The third-order valence-electron chi connectivity index (χ3n) is 5.44. The first-order chi connectivity index (χ1) is 18.2. The van der Waals surface area contributed by atoms with E-state index in [1.165, 1.54) is 19.3 Å². The van der Waals surface area contributed by atoms with E-state index in [-0.39, 0.29) is 36.5 Å². The van der Waals surface area contributed by atoms with Crippen molar-refractivity contribution in [1.29, 1.82) is 0 Å². The van der Waals surface area contributed by atoms with E-state index >= 15 is 0 Å². The van der Waals surface area contributed by atoms with Gasteiger partial charge in [-0.05, 0) is 25.1 Å². The van der Waals surface area contributed by atoms with E-state index in [0.29, 0.717) is 11.2 Å². The molecule has 3 heterocycles. The summed E-state index contributed by atoms with van der Waals surface area (Å²) in [5, 5.41) is 10.9. The fraction of sp³-hybridized carbons (Fsp3) is 0.476. The van der Waals surface area contributed by atoms with Gasteiger partial charge in [-0.3, -0.25) is 4.79 Å². The van der Waals surface area contributed by atoms with Crippen molar-refractivity contribution in [2.45, 2.75) is 44.9 Å². The smallest absolute Gasteiger partial charge is 0.367 e. The molecule has 4 rings (SSSR count). The van der Waals surface area contributed by atoms with Crippen molar-refractivity contribution in [2.75, 3.05) is 19.7 Å². The van der Waals surface area contributed by atoms with E-state index in [2.05, 4.69) is 35.0 Å². The van der Waals surface area contributed by atoms with Gasteiger partial charge in [-0.25, -0.2) is 18.8 Å². The number of nitrogens with one attached hydrogen (secondary N) is 3. The average molecular weight is 569 g/mol. The minimum Gasteiger partial charge on any atom is -0.367 e. The average Bonchev–Trinajstić information content (AvgIpc) is 3.58. The highest BCUT2D eigenvalue weighted by atomic mass is 19.4. The van der Waals surface area contributed by atoms with Gasteiger partial charge in [-0.15, -0.1) is 0 Å². The van der Waals surface area contributed by atoms with Gasteiger partial charge in [0.25, 0.3) is 5.91 Å². The topological polar surface area (TPSA) is 138 Å². The summed E-state index contributed by atoms with van der Waals surface area (Å²) in [7, 11) is 0. The Balaban J connectivity index is 0.000000219. The fourth-order valence-corrected chi connectivity index (χ4v) is 3.27. The zero-order valence-electron chi connectivity index (χ0n) is 20.3. The van der Waals surface area contributed by atoms with Gasteiger partial charge >= 0.3 is 18.4 Å². The number of fused-ring (bicyclic) bond motifs is 1. The molecule has 1 aliphatic rings. The Kier molecular flexibility index (Phi) is 8.98. The number of ether oxygens (including phenoxy) is 1. The normalized spacial score (nSPS) is 16.6. The molecule has 2 unspecified atom stereocenters. The minimum atomic E-state index is -4.52. The third kappa shape index (κ3) is 7.55. The molecule has 0 aliphatic carbocycles. The standard InChI is InChI=1S/C12H10F4N4O.C9H12F3N3O3/c13-9-6(1-2-7-10(9)18-5-17-7)3-20-4-8(12(14,15)16)19-11(20)21;1-5-7(15-18-14-5)8(16)13-3-4-17-6(2)9(10,11)12/h1-2,5,8H,3-4H2,(H,17,18)(H,19,21);6H,3-4H2,1-2H3,(H,13,16). The van der Waals surface area contributed by atoms with Gasteiger partial charge in [0.1, 0.15) is 17.3 Å². The molecule has 1 fully saturated rings. The van der Waals surface area contributed by atoms with Crippen molar-refractivity contribution >= 4 is 23.0 Å². The zero-order valence-corrected chi connectivity index (χ0v) is 20.3. The molecule has 0 radical (unpaired) electrons. The monoisotopic (exact) mass is 569 g/mol. The Hall–Kier alpha value is -3.96. The first-order valence-corrected chi connectivity index (χ1v) is 11.2. The van der Waals surface area contributed by atoms with Gasteiger partial charge in [0.2, 0.25) is 0 Å². The van der Waals surface area contributed by atoms with Gasteiger partial charge in [-0.2, -0.15) is 26.3 Å². The SMILES string of the molecule is Cc1nonc1C(=O)NCCOC(C)C(F)(F)F.O=C1NC(C(F)(F)F)CN1Cc1ccc2[nH]cnc2c1F. The highest BCUT2D eigenvalue weighted by Crippen LogP contribution is 2.26. The first-order valence-electron chi connectivity index (χ1n) is 11.2. The summed E-state index contributed by atoms with van der Waals surface area (Å²) in [4.78, 5) is 30.4. The summed E-state index contributed by atoms with van der Waals surface area (Å²) < 4.78 is 96.9. The maximum absolute atomic E-state index is 14.2. The molecule has 0 saturated carbocycles. The fourth-order valence-electron chi connectivity index (χ4n) is 3.27. The number of aryl methyl sites for hydroxylation is 1. The third-order valence-corrected chi connectivity index (χ3v) is 5.44. The molecular weight excluding hydrogens is 547 g/mol. The van der Waals surface area contributed by atoms with Crippen LogP contribution in [0.15, 0.2) is 23.1 Å². The van der Waals surface area contributed by atoms with E-state index in [1.807, 2.05) is 5.32 Å². The lowest BCUT2D eigenvalue weighted by molar-refractivity contribution is -0.213. The molecule has 39 heavy (non-hydrogen) atoms. The van der Waals surface area contributed by atoms with Crippen LogP contribution in [0.5, 0.6) is 0 Å². The van der Waals surface area contributed by atoms with Crippen molar-refractivity contribution in [1.82, 2.24) is 35.8 Å². The largest absolute Gasteiger partial charge is 0.414 e. The molecule has 3 amide bonds. The molecule has 214 valence electrons. The second kappa shape index (κ2) is 11.8. The number of halogens is 7. The number of nitrogens with zero attached hydrogens (tertiary/aromatic N) is 4. The van der Waals surface area contributed by atoms with Crippen molar-refractivity contribution in [3.8, 4) is 0 Å². The minimum absolute atomic E-state index is 0.00105. The number of urea groups is 1. The van der Waals surface area contributed by atoms with Crippen LogP contribution in [-0.2, 0) is 11.3 Å². The lowest BCUT2D eigenvalue weighted by Crippen LogP contribution is -2.40. The number of alkyl halides is 6. The quantitative estimate of drug-likeness (QED) is 0.293. The van der Waals surface area contributed by atoms with Crippen LogP contribution in [0.4, 0.5) is 35.5 Å². The molecule has 0 spiro atoms. The van der Waals surface area contributed by atoms with Crippen LogP contribution in [0.2, 0.25) is 0 Å². The predicted molar refractivity (Wildman–Crippen MR) is 118 cm³/mol. The van der Waals surface area contributed by atoms with Crippen LogP contribution < -0.4 is 10.6 Å². The maximum Gasteiger partial charge on any atom is 0.414 e. The highest BCUT2D eigenvalue weighted by molar-refractivity contribution is 5.92. The van der Waals surface area contributed by atoms with Crippen molar-refractivity contribution < 1.29 is 49.7 Å². The summed E-state index contributed by atoms with van der Waals surface area (Å²) in [6.07, 6.45) is -9.48. The second-order valence-corrected chi connectivity index (χ2v) is 8.27. The summed E-state index contributed by atoms with van der Waals surface area (Å²) in [6.45, 7) is 1.32. The van der Waals surface area contributed by atoms with E-state index in [1.54, 1.807) is 6.07 Å². The zero-order chi connectivity index (χ0) is 29.0. The Morgan fingerprint density at radius 1 is 1.26 bits per heavy atom. The van der Waals surface area contributed by atoms with E-state index in [0.717, 1.165) is 11.8 Å². The Bertz CT molecular complexity index is 1290. The number of carbonyl (C=O) groups excluding carboxylic acids is 2. The van der Waals surface area contributed by atoms with Gasteiger partial charge in [0.15, 0.2) is 17.6 Å². The molecule has 11 nitrogen and oxygen atoms in total. The number of amides is 3. The van der Waals surface area contributed by atoms with Gasteiger partial charge in [0, 0.05) is 12.1 Å². The van der Waals surface area contributed by atoms with Crippen molar-refractivity contribution in [3.05, 3.63) is 41.2 Å². The van der Waals surface area contributed by atoms with E-state index < -0.39 is 48.8 Å². The number of imidazole rings is 1. The number of hydrogen-bond donors (Lipinski definition) is 3. The Morgan fingerprint density at radius 3 is 2.56 bits per heavy atom. The maximum atomic E-state index is 14.2. The lowest BCUT2D eigenvalue weighted by atomic mass is 10.1. The van der Waals surface area contributed by atoms with Crippen molar-refractivity contribution in [3.63, 3.8) is 0 Å². The molecular formula is C21H22F7N7O4. The summed E-state index contributed by atoms with van der Waals surface area (Å²) in [5.41, 5.74) is 0.998. The van der Waals surface area contributed by atoms with Crippen LogP contribution in [-0.4, -0.2) is 81.3 Å². The summed E-state index contributed by atoms with van der Waals surface area (Å²) >= 11 is 0. The highest BCUT2D eigenvalue weighted by Gasteiger charge is 2.46. The van der Waals surface area contributed by atoms with Gasteiger partial charge in [-0.1, -0.05) is 11.2 Å². The molecule has 1 aromatic carbocycles. The van der Waals surface area contributed by atoms with Crippen molar-refractivity contribution in [2.24, 2.45) is 0 Å². The van der Waals surface area contributed by atoms with Crippen LogP contribution in [0.3, 0.4) is 0 Å². The molecule has 2 aromatic heterocycles. The molecule has 18 heteroatoms. The number of rotatable bonds is 7. The van der Waals surface area contributed by atoms with Crippen LogP contribution >= 0.6 is 0 Å². The van der Waals surface area contributed by atoms with E-state index in [4.69, 9.17) is 0 Å². The number of aromatic nitrogens is 4. The molecule has 1 aliphatic heterocycles. The van der Waals surface area contributed by atoms with Crippen LogP contribution in [0.25, 0.3) is 11.0 Å². The summed E-state index contributed by atoms with van der Waals surface area (Å²) in [5.74, 6) is -1.21. The van der Waals surface area contributed by atoms with Crippen LogP contribution in [0.1, 0.15) is 28.7 Å². The Morgan fingerprint density at radius 2 is 1.97 bits per heavy atom. The second-order valence-electron chi connectivity index (χ2n) is 8.27.